The minimum absolute atomic E-state index is 0. The van der Waals surface area contributed by atoms with E-state index in [4.69, 9.17) is 0 Å². The van der Waals surface area contributed by atoms with Crippen LogP contribution in [0.3, 0.4) is 0 Å². The van der Waals surface area contributed by atoms with E-state index in [2.05, 4.69) is 10.6 Å². The van der Waals surface area contributed by atoms with Crippen molar-refractivity contribution in [2.45, 2.75) is 24.0 Å². The fourth-order valence-electron chi connectivity index (χ4n) is 1.79. The molecule has 0 aromatic heterocycles. The molecular weight excluding hydrogens is 274 g/mol. The van der Waals surface area contributed by atoms with E-state index < -0.39 is 0 Å². The molecule has 2 aliphatic heterocycles. The summed E-state index contributed by atoms with van der Waals surface area (Å²) < 4.78 is 0. The standard InChI is InChI=1S/C5H7N2.Re/c1-3-5(1)4(7-3)2-6-5;/h3-4,7H,1-2H2;/q-1;. The molecule has 1 aliphatic carbocycles. The molecule has 3 fully saturated rings. The van der Waals surface area contributed by atoms with Gasteiger partial charge in [-0.15, -0.1) is 6.54 Å². The smallest absolute Gasteiger partial charge is 0 e. The molecule has 8 heavy (non-hydrogen) atoms. The van der Waals surface area contributed by atoms with E-state index in [0.29, 0.717) is 5.54 Å². The summed E-state index contributed by atoms with van der Waals surface area (Å²) in [4.78, 5) is 0. The van der Waals surface area contributed by atoms with Gasteiger partial charge in [0.1, 0.15) is 0 Å². The summed E-state index contributed by atoms with van der Waals surface area (Å²) in [5.41, 5.74) is 0.542. The van der Waals surface area contributed by atoms with Crippen LogP contribution < -0.4 is 5.32 Å². The molecule has 3 aliphatic rings. The largest absolute Gasteiger partial charge is 0.653 e. The predicted molar refractivity (Wildman–Crippen MR) is 26.3 cm³/mol. The molecule has 1 N–H and O–H groups in total. The molecule has 45 valence electrons. The van der Waals surface area contributed by atoms with Crippen molar-refractivity contribution in [2.24, 2.45) is 0 Å². The van der Waals surface area contributed by atoms with E-state index in [1.807, 2.05) is 0 Å². The number of piperazine rings is 1. The zero-order chi connectivity index (χ0) is 4.48. The monoisotopic (exact) mass is 282 g/mol. The Kier molecular flexibility index (Phi) is 0.803. The number of hydrogen-bond donors (Lipinski definition) is 1. The Morgan fingerprint density at radius 1 is 1.50 bits per heavy atom. The van der Waals surface area contributed by atoms with Gasteiger partial charge in [-0.25, -0.2) is 0 Å². The first-order valence-corrected chi connectivity index (χ1v) is 2.86. The molecule has 0 aromatic rings. The molecule has 3 atom stereocenters. The second-order valence-corrected chi connectivity index (χ2v) is 2.81. The maximum absolute atomic E-state index is 4.38. The normalized spacial score (nSPS) is 63.0. The molecule has 2 nitrogen and oxygen atoms in total. The first-order valence-electron chi connectivity index (χ1n) is 2.86. The first-order chi connectivity index (χ1) is 3.42. The quantitative estimate of drug-likeness (QED) is 0.657. The van der Waals surface area contributed by atoms with Crippen LogP contribution in [0.1, 0.15) is 6.42 Å². The van der Waals surface area contributed by atoms with Gasteiger partial charge in [0, 0.05) is 20.4 Å². The summed E-state index contributed by atoms with van der Waals surface area (Å²) in [6.45, 7) is 1.09. The van der Waals surface area contributed by atoms with Gasteiger partial charge in [0.25, 0.3) is 0 Å². The Morgan fingerprint density at radius 2 is 2.38 bits per heavy atom. The van der Waals surface area contributed by atoms with Crippen LogP contribution in [0.4, 0.5) is 0 Å². The van der Waals surface area contributed by atoms with Gasteiger partial charge in [0.05, 0.1) is 0 Å². The van der Waals surface area contributed by atoms with Crippen molar-refractivity contribution >= 4 is 0 Å². The van der Waals surface area contributed by atoms with Gasteiger partial charge in [0.15, 0.2) is 0 Å². The van der Waals surface area contributed by atoms with Crippen LogP contribution in [-0.4, -0.2) is 24.2 Å². The summed E-state index contributed by atoms with van der Waals surface area (Å²) in [5.74, 6) is 0. The van der Waals surface area contributed by atoms with Crippen LogP contribution in [0.25, 0.3) is 5.32 Å². The van der Waals surface area contributed by atoms with E-state index in [9.17, 15) is 0 Å². The van der Waals surface area contributed by atoms with Gasteiger partial charge in [0.2, 0.25) is 0 Å². The van der Waals surface area contributed by atoms with Crippen LogP contribution in [0, 0.1) is 0 Å². The molecule has 3 heteroatoms. The maximum Gasteiger partial charge on any atom is 0 e. The summed E-state index contributed by atoms with van der Waals surface area (Å²) in [5, 5.41) is 7.79. The van der Waals surface area contributed by atoms with Crippen molar-refractivity contribution in [1.29, 1.82) is 0 Å². The Hall–Kier alpha value is 0.582. The van der Waals surface area contributed by atoms with Crippen LogP contribution in [-0.2, 0) is 20.4 Å². The molecule has 3 rings (SSSR count). The number of hydrogen-bond acceptors (Lipinski definition) is 1. The Bertz CT molecular complexity index is 132. The molecule has 0 amide bonds. The second kappa shape index (κ2) is 1.19. The van der Waals surface area contributed by atoms with E-state index in [0.717, 1.165) is 18.6 Å². The van der Waals surface area contributed by atoms with Crippen LogP contribution >= 0.6 is 0 Å². The van der Waals surface area contributed by atoms with Gasteiger partial charge >= 0.3 is 0 Å². The fraction of sp³-hybridized carbons (Fsp3) is 1.00. The third-order valence-corrected chi connectivity index (χ3v) is 2.55. The molecular formula is C5H7N2Re-. The Labute approximate surface area is 62.1 Å². The zero-order valence-electron chi connectivity index (χ0n) is 4.39. The van der Waals surface area contributed by atoms with E-state index in [1.54, 1.807) is 0 Å². The van der Waals surface area contributed by atoms with E-state index >= 15 is 0 Å². The summed E-state index contributed by atoms with van der Waals surface area (Å²) in [6, 6.07) is 1.64. The van der Waals surface area contributed by atoms with Crippen molar-refractivity contribution in [2.75, 3.05) is 6.54 Å². The molecule has 1 spiro atoms. The van der Waals surface area contributed by atoms with Gasteiger partial charge in [-0.2, -0.15) is 0 Å². The van der Waals surface area contributed by atoms with Gasteiger partial charge in [-0.1, -0.05) is 5.54 Å². The van der Waals surface area contributed by atoms with Crippen molar-refractivity contribution in [3.63, 3.8) is 0 Å². The van der Waals surface area contributed by atoms with E-state index in [1.165, 1.54) is 6.42 Å². The molecule has 3 unspecified atom stereocenters. The molecule has 1 saturated carbocycles. The Balaban J connectivity index is 0.000000270. The molecule has 2 saturated heterocycles. The van der Waals surface area contributed by atoms with Gasteiger partial charge in [-0.3, -0.25) is 0 Å². The third-order valence-electron chi connectivity index (χ3n) is 2.55. The summed E-state index contributed by atoms with van der Waals surface area (Å²) in [6.07, 6.45) is 1.34. The SMILES string of the molecule is C1[N-]C23CC2NC13.[Re]. The van der Waals surface area contributed by atoms with Crippen LogP contribution in [0.2, 0.25) is 0 Å². The predicted octanol–water partition coefficient (Wildman–Crippen LogP) is -0.146. The zero-order valence-corrected chi connectivity index (χ0v) is 7.11. The molecule has 1 radical (unpaired) electrons. The van der Waals surface area contributed by atoms with Crippen LogP contribution in [0.5, 0.6) is 0 Å². The van der Waals surface area contributed by atoms with Gasteiger partial charge < -0.3 is 10.6 Å². The summed E-state index contributed by atoms with van der Waals surface area (Å²) >= 11 is 0. The minimum atomic E-state index is 0. The number of nitrogens with zero attached hydrogens (tertiary/aromatic N) is 1. The van der Waals surface area contributed by atoms with E-state index in [-0.39, 0.29) is 20.4 Å². The average Bonchev–Trinajstić information content (AvgIpc) is 2.32. The molecule has 0 bridgehead atoms. The fourth-order valence-corrected chi connectivity index (χ4v) is 1.79. The maximum atomic E-state index is 4.38. The second-order valence-electron chi connectivity index (χ2n) is 2.81. The van der Waals surface area contributed by atoms with Crippen molar-refractivity contribution in [3.8, 4) is 0 Å². The van der Waals surface area contributed by atoms with Crippen molar-refractivity contribution < 1.29 is 20.4 Å². The molecule has 0 aromatic carbocycles. The number of rotatable bonds is 0. The van der Waals surface area contributed by atoms with Crippen molar-refractivity contribution in [3.05, 3.63) is 5.32 Å². The summed E-state index contributed by atoms with van der Waals surface area (Å²) in [7, 11) is 0. The third kappa shape index (κ3) is 0.313. The topological polar surface area (TPSA) is 26.1 Å². The molecule has 2 heterocycles. The average molecular weight is 281 g/mol. The van der Waals surface area contributed by atoms with Crippen molar-refractivity contribution in [1.82, 2.24) is 5.32 Å². The Morgan fingerprint density at radius 3 is 2.38 bits per heavy atom. The van der Waals surface area contributed by atoms with Gasteiger partial charge in [-0.05, 0) is 18.5 Å². The van der Waals surface area contributed by atoms with Crippen LogP contribution in [0.15, 0.2) is 0 Å². The number of nitrogens with one attached hydrogen (secondary N) is 1. The minimum Gasteiger partial charge on any atom is -0.653 e. The first kappa shape index (κ1) is 5.37.